The molecule has 1 saturated heterocycles. The molecule has 1 fully saturated rings. The van der Waals surface area contributed by atoms with E-state index in [2.05, 4.69) is 30.5 Å². The molecule has 0 saturated carbocycles. The quantitative estimate of drug-likeness (QED) is 0.391. The summed E-state index contributed by atoms with van der Waals surface area (Å²) in [5.41, 5.74) is 0.359. The maximum atomic E-state index is 14.2. The van der Waals surface area contributed by atoms with Crippen LogP contribution in [0.1, 0.15) is 44.9 Å². The van der Waals surface area contributed by atoms with E-state index in [1.54, 1.807) is 0 Å². The van der Waals surface area contributed by atoms with Gasteiger partial charge in [0.1, 0.15) is 24.4 Å². The Labute approximate surface area is 197 Å². The van der Waals surface area contributed by atoms with Crippen molar-refractivity contribution in [1.82, 2.24) is 29.7 Å². The van der Waals surface area contributed by atoms with E-state index in [9.17, 15) is 14.6 Å². The average molecular weight is 490 g/mol. The topological polar surface area (TPSA) is 144 Å². The normalized spacial score (nSPS) is 23.0. The Bertz CT molecular complexity index is 1350. The SMILES string of the molecule is CC(C)(C)c1nnc([C@H]2O[C@@H](n3cnc4c(Nc5ccc(Cl)cc5F)ncnc43)[C@@H](O)C2O)o1. The lowest BCUT2D eigenvalue weighted by atomic mass is 9.97. The van der Waals surface area contributed by atoms with Crippen LogP contribution >= 0.6 is 11.6 Å². The maximum Gasteiger partial charge on any atom is 0.248 e. The Morgan fingerprint density at radius 1 is 1.12 bits per heavy atom. The zero-order chi connectivity index (χ0) is 24.2. The fraction of sp³-hybridized carbons (Fsp3) is 0.381. The number of fused-ring (bicyclic) bond motifs is 1. The number of aliphatic hydroxyl groups is 2. The monoisotopic (exact) mass is 489 g/mol. The van der Waals surface area contributed by atoms with E-state index in [-0.39, 0.29) is 22.4 Å². The Morgan fingerprint density at radius 2 is 1.91 bits per heavy atom. The summed E-state index contributed by atoms with van der Waals surface area (Å²) in [6.45, 7) is 5.73. The van der Waals surface area contributed by atoms with Gasteiger partial charge in [0.15, 0.2) is 29.3 Å². The molecule has 13 heteroatoms. The van der Waals surface area contributed by atoms with Gasteiger partial charge in [0.2, 0.25) is 11.8 Å². The number of nitrogens with one attached hydrogen (secondary N) is 1. The highest BCUT2D eigenvalue weighted by Crippen LogP contribution is 2.40. The zero-order valence-electron chi connectivity index (χ0n) is 18.3. The van der Waals surface area contributed by atoms with Crippen LogP contribution in [0.5, 0.6) is 0 Å². The fourth-order valence-corrected chi connectivity index (χ4v) is 3.75. The molecule has 4 heterocycles. The minimum atomic E-state index is -1.34. The first kappa shape index (κ1) is 22.6. The molecule has 0 spiro atoms. The van der Waals surface area contributed by atoms with Crippen molar-refractivity contribution in [3.8, 4) is 0 Å². The van der Waals surface area contributed by atoms with Crippen molar-refractivity contribution < 1.29 is 23.8 Å². The lowest BCUT2D eigenvalue weighted by Gasteiger charge is -2.16. The summed E-state index contributed by atoms with van der Waals surface area (Å²) < 4.78 is 27.3. The lowest BCUT2D eigenvalue weighted by Crippen LogP contribution is -2.29. The first-order chi connectivity index (χ1) is 16.1. The molecule has 5 rings (SSSR count). The predicted octanol–water partition coefficient (Wildman–Crippen LogP) is 3.03. The van der Waals surface area contributed by atoms with Crippen molar-refractivity contribution in [2.45, 2.75) is 50.7 Å². The van der Waals surface area contributed by atoms with Gasteiger partial charge in [-0.05, 0) is 18.2 Å². The molecule has 4 aromatic rings. The number of hydrogen-bond acceptors (Lipinski definition) is 10. The molecule has 178 valence electrons. The summed E-state index contributed by atoms with van der Waals surface area (Å²) in [5, 5.41) is 32.5. The Morgan fingerprint density at radius 3 is 2.62 bits per heavy atom. The minimum absolute atomic E-state index is 0.0543. The van der Waals surface area contributed by atoms with E-state index in [4.69, 9.17) is 20.8 Å². The second-order valence-electron chi connectivity index (χ2n) is 8.92. The van der Waals surface area contributed by atoms with Gasteiger partial charge in [0.25, 0.3) is 0 Å². The highest BCUT2D eigenvalue weighted by atomic mass is 35.5. The van der Waals surface area contributed by atoms with Gasteiger partial charge in [0.05, 0.1) is 12.0 Å². The van der Waals surface area contributed by atoms with Crippen molar-refractivity contribution in [2.75, 3.05) is 5.32 Å². The van der Waals surface area contributed by atoms with Crippen LogP contribution in [0.15, 0.2) is 35.3 Å². The number of ether oxygens (including phenoxy) is 1. The molecule has 0 radical (unpaired) electrons. The fourth-order valence-electron chi connectivity index (χ4n) is 3.59. The molecular weight excluding hydrogens is 469 g/mol. The number of rotatable bonds is 4. The number of halogens is 2. The standard InChI is InChI=1S/C21H21ClFN7O4/c1-21(2,3)20-29-28-18(34-20)15-13(31)14(32)19(33-15)30-8-26-12-16(24-7-25-17(12)30)27-11-5-4-9(22)6-10(11)23/h4-8,13-15,19,31-32H,1-3H3,(H,24,25,27)/t13?,14-,15-,19+/m0/s1. The molecule has 1 aliphatic rings. The molecule has 34 heavy (non-hydrogen) atoms. The summed E-state index contributed by atoms with van der Waals surface area (Å²) in [6, 6.07) is 4.19. The van der Waals surface area contributed by atoms with E-state index in [1.165, 1.54) is 35.4 Å². The van der Waals surface area contributed by atoms with Gasteiger partial charge < -0.3 is 24.7 Å². The van der Waals surface area contributed by atoms with Crippen molar-refractivity contribution in [3.05, 3.63) is 53.5 Å². The van der Waals surface area contributed by atoms with Crippen LogP contribution in [0, 0.1) is 5.82 Å². The summed E-state index contributed by atoms with van der Waals surface area (Å²) in [4.78, 5) is 12.7. The van der Waals surface area contributed by atoms with Gasteiger partial charge in [0, 0.05) is 10.4 Å². The second-order valence-corrected chi connectivity index (χ2v) is 9.36. The first-order valence-corrected chi connectivity index (χ1v) is 10.8. The molecule has 0 amide bonds. The molecule has 3 aromatic heterocycles. The Balaban J connectivity index is 1.45. The third-order valence-corrected chi connectivity index (χ3v) is 5.62. The molecule has 1 unspecified atom stereocenters. The molecule has 1 aromatic carbocycles. The molecule has 0 aliphatic carbocycles. The summed E-state index contributed by atoms with van der Waals surface area (Å²) >= 11 is 5.81. The maximum absolute atomic E-state index is 14.2. The van der Waals surface area contributed by atoms with Crippen LogP contribution in [-0.4, -0.2) is 52.1 Å². The van der Waals surface area contributed by atoms with E-state index in [0.29, 0.717) is 17.1 Å². The van der Waals surface area contributed by atoms with Crippen molar-refractivity contribution in [3.63, 3.8) is 0 Å². The van der Waals surface area contributed by atoms with Gasteiger partial charge in [-0.15, -0.1) is 10.2 Å². The zero-order valence-corrected chi connectivity index (χ0v) is 19.1. The number of nitrogens with zero attached hydrogens (tertiary/aromatic N) is 6. The number of benzene rings is 1. The van der Waals surface area contributed by atoms with Gasteiger partial charge >= 0.3 is 0 Å². The number of anilines is 2. The Hall–Kier alpha value is -3.19. The van der Waals surface area contributed by atoms with Crippen LogP contribution in [0.2, 0.25) is 5.02 Å². The van der Waals surface area contributed by atoms with Crippen molar-refractivity contribution >= 4 is 34.3 Å². The number of aliphatic hydroxyl groups excluding tert-OH is 2. The van der Waals surface area contributed by atoms with E-state index in [0.717, 1.165) is 0 Å². The molecule has 3 N–H and O–H groups in total. The van der Waals surface area contributed by atoms with Crippen LogP contribution in [0.3, 0.4) is 0 Å². The number of aromatic nitrogens is 6. The van der Waals surface area contributed by atoms with Gasteiger partial charge in [-0.2, -0.15) is 0 Å². The van der Waals surface area contributed by atoms with E-state index in [1.807, 2.05) is 20.8 Å². The molecule has 1 aliphatic heterocycles. The lowest BCUT2D eigenvalue weighted by molar-refractivity contribution is -0.0441. The second kappa shape index (κ2) is 8.24. The third kappa shape index (κ3) is 3.88. The Kier molecular flexibility index (Phi) is 5.47. The highest BCUT2D eigenvalue weighted by Gasteiger charge is 2.48. The molecule has 4 atom stereocenters. The highest BCUT2D eigenvalue weighted by molar-refractivity contribution is 6.30. The largest absolute Gasteiger partial charge is 0.422 e. The van der Waals surface area contributed by atoms with Gasteiger partial charge in [-0.1, -0.05) is 32.4 Å². The molecule has 0 bridgehead atoms. The van der Waals surface area contributed by atoms with Crippen LogP contribution in [-0.2, 0) is 10.2 Å². The third-order valence-electron chi connectivity index (χ3n) is 5.38. The summed E-state index contributed by atoms with van der Waals surface area (Å²) in [6.07, 6.45) is -2.13. The van der Waals surface area contributed by atoms with Gasteiger partial charge in [-0.25, -0.2) is 19.3 Å². The average Bonchev–Trinajstić information content (AvgIpc) is 3.49. The minimum Gasteiger partial charge on any atom is -0.422 e. The van der Waals surface area contributed by atoms with E-state index >= 15 is 0 Å². The van der Waals surface area contributed by atoms with Crippen molar-refractivity contribution in [1.29, 1.82) is 0 Å². The predicted molar refractivity (Wildman–Crippen MR) is 118 cm³/mol. The number of hydrogen-bond donors (Lipinski definition) is 3. The van der Waals surface area contributed by atoms with Gasteiger partial charge in [-0.3, -0.25) is 4.57 Å². The van der Waals surface area contributed by atoms with E-state index < -0.39 is 35.8 Å². The summed E-state index contributed by atoms with van der Waals surface area (Å²) in [7, 11) is 0. The first-order valence-electron chi connectivity index (χ1n) is 10.4. The van der Waals surface area contributed by atoms with Crippen LogP contribution in [0.4, 0.5) is 15.9 Å². The molecule has 11 nitrogen and oxygen atoms in total. The van der Waals surface area contributed by atoms with Crippen molar-refractivity contribution in [2.24, 2.45) is 0 Å². The van der Waals surface area contributed by atoms with Crippen LogP contribution < -0.4 is 5.32 Å². The number of imidazole rings is 1. The molecular formula is C21H21ClFN7O4. The van der Waals surface area contributed by atoms with Crippen LogP contribution in [0.25, 0.3) is 11.2 Å². The summed E-state index contributed by atoms with van der Waals surface area (Å²) in [5.74, 6) is 0.107. The smallest absolute Gasteiger partial charge is 0.248 e.